The van der Waals surface area contributed by atoms with E-state index < -0.39 is 18.5 Å². The number of esters is 1. The molecule has 0 aliphatic rings. The van der Waals surface area contributed by atoms with Crippen LogP contribution in [-0.2, 0) is 16.1 Å². The summed E-state index contributed by atoms with van der Waals surface area (Å²) in [5.41, 5.74) is 0.600. The highest BCUT2D eigenvalue weighted by molar-refractivity contribution is 5.89. The molecular weight excluding hydrogens is 379 g/mol. The van der Waals surface area contributed by atoms with Crippen LogP contribution in [-0.4, -0.2) is 29.9 Å². The van der Waals surface area contributed by atoms with Gasteiger partial charge in [0, 0.05) is 12.1 Å². The molecule has 1 aromatic carbocycles. The van der Waals surface area contributed by atoms with E-state index in [1.165, 1.54) is 41.5 Å². The van der Waals surface area contributed by atoms with Crippen molar-refractivity contribution in [2.75, 3.05) is 13.2 Å². The van der Waals surface area contributed by atoms with Gasteiger partial charge in [0.05, 0.1) is 25.3 Å². The average molecular weight is 396 g/mol. The van der Waals surface area contributed by atoms with E-state index in [0.29, 0.717) is 17.1 Å². The number of carbonyl (C=O) groups is 2. The van der Waals surface area contributed by atoms with Crippen LogP contribution in [0.3, 0.4) is 0 Å². The Kier molecular flexibility index (Phi) is 6.43. The molecule has 148 valence electrons. The molecule has 0 saturated carbocycles. The number of benzene rings is 1. The van der Waals surface area contributed by atoms with Crippen molar-refractivity contribution >= 4 is 11.9 Å². The highest BCUT2D eigenvalue weighted by Gasteiger charge is 2.19. The minimum Gasteiger partial charge on any atom is -0.467 e. The van der Waals surface area contributed by atoms with E-state index in [0.717, 1.165) is 0 Å². The van der Waals surface area contributed by atoms with Crippen molar-refractivity contribution in [2.45, 2.75) is 13.0 Å². The number of hydrogen-bond donors (Lipinski definition) is 0. The van der Waals surface area contributed by atoms with Gasteiger partial charge < -0.3 is 18.5 Å². The molecule has 0 aliphatic carbocycles. The fraction of sp³-hybridized carbons (Fsp3) is 0.190. The topological polar surface area (TPSA) is 96.7 Å². The lowest BCUT2D eigenvalue weighted by Crippen LogP contribution is -2.34. The molecule has 3 aromatic rings. The Balaban J connectivity index is 1.59. The number of amides is 1. The first-order valence-corrected chi connectivity index (χ1v) is 8.77. The Morgan fingerprint density at radius 2 is 1.93 bits per heavy atom. The summed E-state index contributed by atoms with van der Waals surface area (Å²) >= 11 is 0. The average Bonchev–Trinajstić information content (AvgIpc) is 3.41. The first-order chi connectivity index (χ1) is 14.1. The van der Waals surface area contributed by atoms with Crippen molar-refractivity contribution in [3.8, 4) is 17.4 Å². The molecule has 0 radical (unpaired) electrons. The molecular formula is C21H17FN2O5. The fourth-order valence-electron chi connectivity index (χ4n) is 2.57. The van der Waals surface area contributed by atoms with E-state index >= 15 is 0 Å². The van der Waals surface area contributed by atoms with Crippen LogP contribution < -0.4 is 0 Å². The lowest BCUT2D eigenvalue weighted by molar-refractivity contribution is -0.135. The molecule has 3 rings (SSSR count). The molecule has 8 heteroatoms. The first kappa shape index (κ1) is 19.9. The van der Waals surface area contributed by atoms with Gasteiger partial charge in [0.15, 0.2) is 6.61 Å². The normalized spacial score (nSPS) is 10.3. The smallest absolute Gasteiger partial charge is 0.374 e. The zero-order chi connectivity index (χ0) is 20.6. The van der Waals surface area contributed by atoms with Gasteiger partial charge in [0.1, 0.15) is 17.3 Å². The van der Waals surface area contributed by atoms with E-state index in [-0.39, 0.29) is 31.1 Å². The summed E-state index contributed by atoms with van der Waals surface area (Å²) < 4.78 is 28.7. The Morgan fingerprint density at radius 3 is 2.62 bits per heavy atom. The third-order valence-electron chi connectivity index (χ3n) is 4.04. The molecule has 29 heavy (non-hydrogen) atoms. The molecule has 0 bridgehead atoms. The van der Waals surface area contributed by atoms with Crippen LogP contribution in [0.15, 0.2) is 63.6 Å². The zero-order valence-corrected chi connectivity index (χ0v) is 15.3. The predicted molar refractivity (Wildman–Crippen MR) is 98.7 cm³/mol. The first-order valence-electron chi connectivity index (χ1n) is 8.77. The van der Waals surface area contributed by atoms with Crippen LogP contribution in [0, 0.1) is 17.1 Å². The van der Waals surface area contributed by atoms with E-state index in [2.05, 4.69) is 0 Å². The van der Waals surface area contributed by atoms with E-state index in [1.807, 2.05) is 6.07 Å². The van der Waals surface area contributed by atoms with Gasteiger partial charge in [-0.15, -0.1) is 0 Å². The number of ether oxygens (including phenoxy) is 1. The maximum absolute atomic E-state index is 13.0. The third kappa shape index (κ3) is 5.32. The number of carbonyl (C=O) groups excluding carboxylic acids is 2. The molecule has 0 saturated heterocycles. The number of nitrogens with zero attached hydrogens (tertiary/aromatic N) is 2. The van der Waals surface area contributed by atoms with Crippen LogP contribution in [0.4, 0.5) is 4.39 Å². The van der Waals surface area contributed by atoms with Crippen molar-refractivity contribution < 1.29 is 27.6 Å². The van der Waals surface area contributed by atoms with Gasteiger partial charge >= 0.3 is 5.97 Å². The van der Waals surface area contributed by atoms with Crippen LogP contribution >= 0.6 is 0 Å². The van der Waals surface area contributed by atoms with Gasteiger partial charge in [-0.25, -0.2) is 9.18 Å². The van der Waals surface area contributed by atoms with Gasteiger partial charge in [0.2, 0.25) is 5.76 Å². The van der Waals surface area contributed by atoms with Crippen molar-refractivity contribution in [1.29, 1.82) is 5.26 Å². The summed E-state index contributed by atoms with van der Waals surface area (Å²) in [6, 6.07) is 14.0. The largest absolute Gasteiger partial charge is 0.467 e. The Hall–Kier alpha value is -3.86. The second kappa shape index (κ2) is 9.37. The highest BCUT2D eigenvalue weighted by Crippen LogP contribution is 2.22. The second-order valence-corrected chi connectivity index (χ2v) is 6.05. The number of furan rings is 2. The van der Waals surface area contributed by atoms with Gasteiger partial charge in [-0.05, 0) is 48.5 Å². The molecule has 0 N–H and O–H groups in total. The summed E-state index contributed by atoms with van der Waals surface area (Å²) in [4.78, 5) is 26.0. The Bertz CT molecular complexity index is 1000. The molecule has 0 fully saturated rings. The Morgan fingerprint density at radius 1 is 1.14 bits per heavy atom. The van der Waals surface area contributed by atoms with Gasteiger partial charge in [0.25, 0.3) is 5.91 Å². The third-order valence-corrected chi connectivity index (χ3v) is 4.04. The molecule has 0 atom stereocenters. The number of nitriles is 1. The summed E-state index contributed by atoms with van der Waals surface area (Å²) in [7, 11) is 0. The predicted octanol–water partition coefficient (Wildman–Crippen LogP) is 3.78. The van der Waals surface area contributed by atoms with Gasteiger partial charge in [-0.1, -0.05) is 0 Å². The zero-order valence-electron chi connectivity index (χ0n) is 15.3. The molecule has 0 aliphatic heterocycles. The van der Waals surface area contributed by atoms with Gasteiger partial charge in [-0.2, -0.15) is 5.26 Å². The van der Waals surface area contributed by atoms with Crippen LogP contribution in [0.1, 0.15) is 22.7 Å². The standard InChI is InChI=1S/C21H17FN2O5/c22-16-6-4-15(5-7-16)18-8-9-19(29-18)21(26)28-14-20(25)24(11-2-10-23)13-17-3-1-12-27-17/h1,3-9,12H,2,11,13-14H2. The number of hydrogen-bond acceptors (Lipinski definition) is 6. The van der Waals surface area contributed by atoms with Crippen LogP contribution in [0.5, 0.6) is 0 Å². The minimum absolute atomic E-state index is 0.0771. The molecule has 2 heterocycles. The maximum atomic E-state index is 13.0. The fourth-order valence-corrected chi connectivity index (χ4v) is 2.57. The summed E-state index contributed by atoms with van der Waals surface area (Å²) in [6.07, 6.45) is 1.62. The Labute approximate surface area is 165 Å². The van der Waals surface area contributed by atoms with E-state index in [9.17, 15) is 14.0 Å². The van der Waals surface area contributed by atoms with Crippen LogP contribution in [0.25, 0.3) is 11.3 Å². The SMILES string of the molecule is N#CCCN(Cc1ccco1)C(=O)COC(=O)c1ccc(-c2ccc(F)cc2)o1. The summed E-state index contributed by atoms with van der Waals surface area (Å²) in [5.74, 6) is -0.796. The van der Waals surface area contributed by atoms with Crippen molar-refractivity contribution in [2.24, 2.45) is 0 Å². The molecule has 0 unspecified atom stereocenters. The van der Waals surface area contributed by atoms with Crippen molar-refractivity contribution in [3.05, 3.63) is 72.1 Å². The lowest BCUT2D eigenvalue weighted by Gasteiger charge is -2.20. The van der Waals surface area contributed by atoms with Crippen LogP contribution in [0.2, 0.25) is 0 Å². The van der Waals surface area contributed by atoms with Crippen molar-refractivity contribution in [1.82, 2.24) is 4.90 Å². The monoisotopic (exact) mass is 396 g/mol. The van der Waals surface area contributed by atoms with E-state index in [1.54, 1.807) is 18.2 Å². The van der Waals surface area contributed by atoms with Gasteiger partial charge in [-0.3, -0.25) is 4.79 Å². The summed E-state index contributed by atoms with van der Waals surface area (Å²) in [5, 5.41) is 8.77. The molecule has 2 aromatic heterocycles. The quantitative estimate of drug-likeness (QED) is 0.538. The maximum Gasteiger partial charge on any atom is 0.374 e. The number of rotatable bonds is 8. The molecule has 7 nitrogen and oxygen atoms in total. The number of halogens is 1. The lowest BCUT2D eigenvalue weighted by atomic mass is 10.2. The molecule has 0 spiro atoms. The molecule has 1 amide bonds. The minimum atomic E-state index is -0.801. The summed E-state index contributed by atoms with van der Waals surface area (Å²) in [6.45, 7) is -0.152. The highest BCUT2D eigenvalue weighted by atomic mass is 19.1. The van der Waals surface area contributed by atoms with E-state index in [4.69, 9.17) is 18.8 Å². The van der Waals surface area contributed by atoms with Crippen molar-refractivity contribution in [3.63, 3.8) is 0 Å². The second-order valence-electron chi connectivity index (χ2n) is 6.05.